The van der Waals surface area contributed by atoms with Crippen LogP contribution >= 0.6 is 0 Å². The highest BCUT2D eigenvalue weighted by molar-refractivity contribution is 5.31. The van der Waals surface area contributed by atoms with Crippen molar-refractivity contribution in [2.45, 2.75) is 66.7 Å². The zero-order valence-electron chi connectivity index (χ0n) is 14.0. The molecule has 0 unspecified atom stereocenters. The maximum absolute atomic E-state index is 9.83. The zero-order chi connectivity index (χ0) is 14.8. The molecule has 2 bridgehead atoms. The lowest BCUT2D eigenvalue weighted by Gasteiger charge is -2.56. The van der Waals surface area contributed by atoms with Crippen LogP contribution in [0, 0.1) is 34.0 Å². The molecule has 0 aliphatic heterocycles. The zero-order valence-corrected chi connectivity index (χ0v) is 14.0. The van der Waals surface area contributed by atoms with Crippen molar-refractivity contribution < 1.29 is 5.11 Å². The van der Waals surface area contributed by atoms with Crippen molar-refractivity contribution in [3.63, 3.8) is 0 Å². The molecule has 20 heavy (non-hydrogen) atoms. The van der Waals surface area contributed by atoms with Gasteiger partial charge in [0, 0.05) is 12.5 Å². The topological polar surface area (TPSA) is 20.2 Å². The molecular formula is C19H32O. The van der Waals surface area contributed by atoms with Crippen molar-refractivity contribution in [3.05, 3.63) is 11.6 Å². The summed E-state index contributed by atoms with van der Waals surface area (Å²) >= 11 is 0. The quantitative estimate of drug-likeness (QED) is 0.734. The molecule has 3 aliphatic carbocycles. The fraction of sp³-hybridized carbons (Fsp3) is 0.895. The largest absolute Gasteiger partial charge is 0.396 e. The molecule has 1 spiro atoms. The fourth-order valence-corrected chi connectivity index (χ4v) is 6.24. The highest BCUT2D eigenvalue weighted by Gasteiger charge is 2.68. The molecule has 0 aromatic rings. The summed E-state index contributed by atoms with van der Waals surface area (Å²) in [7, 11) is 0. The number of allylic oxidation sites excluding steroid dienone is 1. The van der Waals surface area contributed by atoms with Gasteiger partial charge in [0.15, 0.2) is 0 Å². The maximum atomic E-state index is 9.83. The van der Waals surface area contributed by atoms with Crippen molar-refractivity contribution in [2.75, 3.05) is 6.61 Å². The molecule has 1 N–H and O–H groups in total. The highest BCUT2D eigenvalue weighted by Crippen LogP contribution is 2.76. The number of hydrogen-bond acceptors (Lipinski definition) is 1. The standard InChI is InChI=1S/C19H32O/c1-6-13(12-20)15-8-9-17(2,3)19-10-7-14(11-19)18(4,5)16(15)19/h8,13-14,16,20H,6-7,9-12H2,1-5H3/t13-,14-,16+,19-/m0/s1. The number of rotatable bonds is 3. The Morgan fingerprint density at radius 3 is 2.60 bits per heavy atom. The van der Waals surface area contributed by atoms with E-state index in [1.54, 1.807) is 5.57 Å². The minimum absolute atomic E-state index is 0.329. The number of fused-ring (bicyclic) bond motifs is 1. The van der Waals surface area contributed by atoms with Crippen LogP contribution in [-0.4, -0.2) is 11.7 Å². The van der Waals surface area contributed by atoms with E-state index in [-0.39, 0.29) is 0 Å². The lowest BCUT2D eigenvalue weighted by molar-refractivity contribution is -0.0230. The van der Waals surface area contributed by atoms with E-state index < -0.39 is 0 Å². The van der Waals surface area contributed by atoms with Crippen molar-refractivity contribution in [2.24, 2.45) is 34.0 Å². The molecule has 2 fully saturated rings. The predicted molar refractivity (Wildman–Crippen MR) is 84.4 cm³/mol. The Morgan fingerprint density at radius 1 is 1.30 bits per heavy atom. The summed E-state index contributed by atoms with van der Waals surface area (Å²) in [6.45, 7) is 12.6. The van der Waals surface area contributed by atoms with E-state index in [4.69, 9.17) is 0 Å². The van der Waals surface area contributed by atoms with Gasteiger partial charge >= 0.3 is 0 Å². The van der Waals surface area contributed by atoms with Crippen LogP contribution in [0.2, 0.25) is 0 Å². The Hall–Kier alpha value is -0.300. The van der Waals surface area contributed by atoms with Crippen LogP contribution in [-0.2, 0) is 0 Å². The molecule has 0 radical (unpaired) electrons. The Labute approximate surface area is 124 Å². The number of aliphatic hydroxyl groups is 1. The van der Waals surface area contributed by atoms with Crippen LogP contribution < -0.4 is 0 Å². The van der Waals surface area contributed by atoms with Crippen LogP contribution in [0.3, 0.4) is 0 Å². The molecule has 0 aromatic heterocycles. The molecule has 114 valence electrons. The molecule has 0 aromatic carbocycles. The fourth-order valence-electron chi connectivity index (χ4n) is 6.24. The van der Waals surface area contributed by atoms with Crippen molar-refractivity contribution >= 4 is 0 Å². The summed E-state index contributed by atoms with van der Waals surface area (Å²) in [4.78, 5) is 0. The molecule has 2 saturated carbocycles. The first-order valence-electron chi connectivity index (χ1n) is 8.61. The van der Waals surface area contributed by atoms with Gasteiger partial charge in [-0.3, -0.25) is 0 Å². The second kappa shape index (κ2) is 4.35. The van der Waals surface area contributed by atoms with Crippen LogP contribution in [0.5, 0.6) is 0 Å². The normalized spacial score (nSPS) is 42.2. The third kappa shape index (κ3) is 1.59. The third-order valence-corrected chi connectivity index (χ3v) is 7.61. The highest BCUT2D eigenvalue weighted by atomic mass is 16.3. The van der Waals surface area contributed by atoms with E-state index in [1.807, 2.05) is 0 Å². The molecule has 1 nitrogen and oxygen atoms in total. The molecular weight excluding hydrogens is 244 g/mol. The first kappa shape index (κ1) is 14.6. The van der Waals surface area contributed by atoms with Gasteiger partial charge < -0.3 is 5.11 Å². The van der Waals surface area contributed by atoms with Gasteiger partial charge in [0.05, 0.1) is 0 Å². The first-order valence-corrected chi connectivity index (χ1v) is 8.61. The second-order valence-corrected chi connectivity index (χ2v) is 8.93. The lowest BCUT2D eigenvalue weighted by atomic mass is 9.48. The van der Waals surface area contributed by atoms with Gasteiger partial charge in [-0.25, -0.2) is 0 Å². The number of hydrogen-bond donors (Lipinski definition) is 1. The van der Waals surface area contributed by atoms with Crippen LogP contribution in [0.25, 0.3) is 0 Å². The van der Waals surface area contributed by atoms with E-state index in [2.05, 4.69) is 40.7 Å². The summed E-state index contributed by atoms with van der Waals surface area (Å²) in [5, 5.41) is 9.83. The second-order valence-electron chi connectivity index (χ2n) is 8.93. The molecule has 3 rings (SSSR count). The molecule has 1 heteroatoms. The first-order chi connectivity index (χ1) is 9.30. The maximum Gasteiger partial charge on any atom is 0.0496 e. The summed E-state index contributed by atoms with van der Waals surface area (Å²) in [6, 6.07) is 0. The Kier molecular flexibility index (Phi) is 3.18. The van der Waals surface area contributed by atoms with Crippen molar-refractivity contribution in [1.82, 2.24) is 0 Å². The lowest BCUT2D eigenvalue weighted by Crippen LogP contribution is -2.49. The molecule has 3 aliphatic rings. The average molecular weight is 276 g/mol. The van der Waals surface area contributed by atoms with E-state index in [0.717, 1.165) is 12.3 Å². The summed E-state index contributed by atoms with van der Waals surface area (Å²) in [6.07, 6.45) is 9.07. The summed E-state index contributed by atoms with van der Waals surface area (Å²) in [5.41, 5.74) is 2.97. The van der Waals surface area contributed by atoms with Crippen LogP contribution in [0.1, 0.15) is 66.7 Å². The van der Waals surface area contributed by atoms with Crippen LogP contribution in [0.15, 0.2) is 11.6 Å². The van der Waals surface area contributed by atoms with E-state index >= 15 is 0 Å². The van der Waals surface area contributed by atoms with E-state index in [9.17, 15) is 5.11 Å². The minimum Gasteiger partial charge on any atom is -0.396 e. The Bertz CT molecular complexity index is 427. The van der Waals surface area contributed by atoms with E-state index in [1.165, 1.54) is 25.7 Å². The number of aliphatic hydroxyl groups excluding tert-OH is 1. The van der Waals surface area contributed by atoms with Gasteiger partial charge in [0.25, 0.3) is 0 Å². The summed E-state index contributed by atoms with van der Waals surface area (Å²) < 4.78 is 0. The molecule has 0 saturated heterocycles. The smallest absolute Gasteiger partial charge is 0.0496 e. The predicted octanol–water partition coefficient (Wildman–Crippen LogP) is 4.80. The van der Waals surface area contributed by atoms with Crippen molar-refractivity contribution in [1.29, 1.82) is 0 Å². The monoisotopic (exact) mass is 276 g/mol. The van der Waals surface area contributed by atoms with E-state index in [0.29, 0.717) is 34.7 Å². The SMILES string of the molecule is CC[C@@H](CO)C1=CCC(C)(C)[C@@]23CC[C@@H](C2)C(C)(C)[C@@H]13. The molecule has 0 heterocycles. The third-order valence-electron chi connectivity index (χ3n) is 7.61. The Balaban J connectivity index is 2.10. The van der Waals surface area contributed by atoms with Gasteiger partial charge in [0.2, 0.25) is 0 Å². The van der Waals surface area contributed by atoms with Gasteiger partial charge in [-0.2, -0.15) is 0 Å². The summed E-state index contributed by atoms with van der Waals surface area (Å²) in [5.74, 6) is 1.99. The Morgan fingerprint density at radius 2 is 2.00 bits per heavy atom. The van der Waals surface area contributed by atoms with Gasteiger partial charge in [-0.05, 0) is 60.2 Å². The average Bonchev–Trinajstić information content (AvgIpc) is 2.90. The minimum atomic E-state index is 0.329. The van der Waals surface area contributed by atoms with Gasteiger partial charge in [-0.1, -0.05) is 46.3 Å². The molecule has 4 atom stereocenters. The molecule has 0 amide bonds. The van der Waals surface area contributed by atoms with Crippen molar-refractivity contribution in [3.8, 4) is 0 Å². The van der Waals surface area contributed by atoms with Gasteiger partial charge in [0.1, 0.15) is 0 Å². The van der Waals surface area contributed by atoms with Gasteiger partial charge in [-0.15, -0.1) is 0 Å². The van der Waals surface area contributed by atoms with Crippen LogP contribution in [0.4, 0.5) is 0 Å².